The molecule has 5 heteroatoms. The van der Waals surface area contributed by atoms with Crippen LogP contribution < -0.4 is 0 Å². The largest absolute Gasteiger partial charge is 0.506 e. The predicted molar refractivity (Wildman–Crippen MR) is 103 cm³/mol. The van der Waals surface area contributed by atoms with E-state index in [1.54, 1.807) is 6.07 Å². The number of aryl methyl sites for hydroxylation is 1. The van der Waals surface area contributed by atoms with Crippen LogP contribution in [0.1, 0.15) is 23.9 Å². The molecule has 1 atom stereocenters. The van der Waals surface area contributed by atoms with Crippen LogP contribution in [0.25, 0.3) is 0 Å². The van der Waals surface area contributed by atoms with Crippen LogP contribution in [0.15, 0.2) is 42.5 Å². The van der Waals surface area contributed by atoms with Gasteiger partial charge >= 0.3 is 0 Å². The Kier molecular flexibility index (Phi) is 6.61. The molecule has 1 aromatic heterocycles. The van der Waals surface area contributed by atoms with Crippen LogP contribution in [-0.2, 0) is 17.8 Å². The van der Waals surface area contributed by atoms with Crippen molar-refractivity contribution in [1.82, 2.24) is 14.8 Å². The summed E-state index contributed by atoms with van der Waals surface area (Å²) in [5, 5.41) is 10.2. The Balaban J connectivity index is 1.74. The molecule has 0 radical (unpaired) electrons. The quantitative estimate of drug-likeness (QED) is 0.828. The van der Waals surface area contributed by atoms with Gasteiger partial charge in [0.25, 0.3) is 0 Å². The van der Waals surface area contributed by atoms with Crippen LogP contribution in [0.5, 0.6) is 5.75 Å². The Hall–Kier alpha value is -1.95. The van der Waals surface area contributed by atoms with Gasteiger partial charge in [0.1, 0.15) is 5.75 Å². The molecule has 2 aromatic rings. The third kappa shape index (κ3) is 5.27. The molecule has 1 aliphatic heterocycles. The van der Waals surface area contributed by atoms with Crippen molar-refractivity contribution >= 4 is 0 Å². The summed E-state index contributed by atoms with van der Waals surface area (Å²) in [5.74, 6) is 0.271. The van der Waals surface area contributed by atoms with E-state index >= 15 is 0 Å². The summed E-state index contributed by atoms with van der Waals surface area (Å²) in [6, 6.07) is 14.4. The normalized spacial score (nSPS) is 16.7. The number of morpholine rings is 1. The van der Waals surface area contributed by atoms with Crippen molar-refractivity contribution in [3.8, 4) is 5.75 Å². The molecule has 3 rings (SSSR count). The first-order valence-electron chi connectivity index (χ1n) is 9.35. The molecule has 1 unspecified atom stereocenters. The minimum atomic E-state index is 0.271. The number of hydrogen-bond acceptors (Lipinski definition) is 5. The molecular formula is C21H29N3O2. The second kappa shape index (κ2) is 9.12. The summed E-state index contributed by atoms with van der Waals surface area (Å²) < 4.78 is 5.46. The van der Waals surface area contributed by atoms with E-state index in [4.69, 9.17) is 4.74 Å². The lowest BCUT2D eigenvalue weighted by Crippen LogP contribution is -2.45. The fourth-order valence-electron chi connectivity index (χ4n) is 3.37. The first-order chi connectivity index (χ1) is 12.6. The van der Waals surface area contributed by atoms with Gasteiger partial charge in [-0.1, -0.05) is 30.3 Å². The third-order valence-corrected chi connectivity index (χ3v) is 4.92. The number of ether oxygens (including phenoxy) is 1. The number of rotatable bonds is 7. The lowest BCUT2D eigenvalue weighted by Gasteiger charge is -2.35. The van der Waals surface area contributed by atoms with Crippen molar-refractivity contribution in [1.29, 1.82) is 0 Å². The van der Waals surface area contributed by atoms with Crippen molar-refractivity contribution in [2.24, 2.45) is 0 Å². The van der Waals surface area contributed by atoms with Gasteiger partial charge in [-0.2, -0.15) is 0 Å². The highest BCUT2D eigenvalue weighted by atomic mass is 16.5. The smallest absolute Gasteiger partial charge is 0.138 e. The van der Waals surface area contributed by atoms with Crippen molar-refractivity contribution in [2.45, 2.75) is 33.0 Å². The molecule has 0 aliphatic carbocycles. The molecule has 1 N–H and O–H groups in total. The minimum Gasteiger partial charge on any atom is -0.506 e. The number of nitrogens with zero attached hydrogens (tertiary/aromatic N) is 3. The van der Waals surface area contributed by atoms with Gasteiger partial charge in [-0.25, -0.2) is 0 Å². The Labute approximate surface area is 156 Å². The van der Waals surface area contributed by atoms with Gasteiger partial charge in [0.05, 0.1) is 18.9 Å². The molecule has 1 fully saturated rings. The van der Waals surface area contributed by atoms with Crippen molar-refractivity contribution in [2.75, 3.05) is 32.8 Å². The number of pyridine rings is 1. The maximum Gasteiger partial charge on any atom is 0.138 e. The van der Waals surface area contributed by atoms with Gasteiger partial charge in [-0.3, -0.25) is 14.8 Å². The molecule has 0 bridgehead atoms. The molecule has 2 heterocycles. The van der Waals surface area contributed by atoms with Gasteiger partial charge in [0, 0.05) is 44.5 Å². The zero-order chi connectivity index (χ0) is 18.4. The van der Waals surface area contributed by atoms with E-state index in [2.05, 4.69) is 46.0 Å². The standard InChI is InChI=1S/C21H29N3O2/c1-17-8-9-21(25)20(22-17)16-24(15-19-6-4-3-5-7-19)18(2)14-23-10-12-26-13-11-23/h3-9,18,25H,10-16H2,1-2H3. The molecule has 1 aromatic carbocycles. The number of hydrogen-bond donors (Lipinski definition) is 1. The molecule has 0 amide bonds. The van der Waals surface area contributed by atoms with Gasteiger partial charge in [-0.05, 0) is 31.5 Å². The van der Waals surface area contributed by atoms with E-state index in [1.165, 1.54) is 5.56 Å². The van der Waals surface area contributed by atoms with Crippen molar-refractivity contribution in [3.63, 3.8) is 0 Å². The Morgan fingerprint density at radius 3 is 2.58 bits per heavy atom. The lowest BCUT2D eigenvalue weighted by atomic mass is 10.1. The monoisotopic (exact) mass is 355 g/mol. The van der Waals surface area contributed by atoms with Crippen LogP contribution >= 0.6 is 0 Å². The van der Waals surface area contributed by atoms with E-state index in [0.717, 1.165) is 50.8 Å². The molecule has 5 nitrogen and oxygen atoms in total. The van der Waals surface area contributed by atoms with Crippen LogP contribution in [0.3, 0.4) is 0 Å². The van der Waals surface area contributed by atoms with Gasteiger partial charge in [0.2, 0.25) is 0 Å². The average Bonchev–Trinajstić information content (AvgIpc) is 2.66. The fourth-order valence-corrected chi connectivity index (χ4v) is 3.37. The Morgan fingerprint density at radius 2 is 1.85 bits per heavy atom. The summed E-state index contributed by atoms with van der Waals surface area (Å²) in [5.41, 5.74) is 2.95. The zero-order valence-corrected chi connectivity index (χ0v) is 15.8. The zero-order valence-electron chi connectivity index (χ0n) is 15.8. The highest BCUT2D eigenvalue weighted by Crippen LogP contribution is 2.20. The minimum absolute atomic E-state index is 0.271. The van der Waals surface area contributed by atoms with E-state index in [0.29, 0.717) is 12.6 Å². The maximum absolute atomic E-state index is 10.2. The van der Waals surface area contributed by atoms with Crippen LogP contribution in [0.2, 0.25) is 0 Å². The maximum atomic E-state index is 10.2. The molecule has 1 saturated heterocycles. The summed E-state index contributed by atoms with van der Waals surface area (Å²) in [6.07, 6.45) is 0. The second-order valence-corrected chi connectivity index (χ2v) is 7.07. The molecule has 26 heavy (non-hydrogen) atoms. The highest BCUT2D eigenvalue weighted by Gasteiger charge is 2.21. The van der Waals surface area contributed by atoms with Gasteiger partial charge < -0.3 is 9.84 Å². The molecule has 140 valence electrons. The van der Waals surface area contributed by atoms with E-state index in [1.807, 2.05) is 19.1 Å². The molecular weight excluding hydrogens is 326 g/mol. The number of aromatic hydroxyl groups is 1. The van der Waals surface area contributed by atoms with Crippen molar-refractivity contribution in [3.05, 3.63) is 59.4 Å². The molecule has 1 aliphatic rings. The van der Waals surface area contributed by atoms with Crippen LogP contribution in [-0.4, -0.2) is 58.8 Å². The van der Waals surface area contributed by atoms with Crippen molar-refractivity contribution < 1.29 is 9.84 Å². The van der Waals surface area contributed by atoms with Gasteiger partial charge in [0.15, 0.2) is 0 Å². The predicted octanol–water partition coefficient (Wildman–Crippen LogP) is 2.82. The Bertz CT molecular complexity index is 687. The second-order valence-electron chi connectivity index (χ2n) is 7.07. The highest BCUT2D eigenvalue weighted by molar-refractivity contribution is 5.27. The lowest BCUT2D eigenvalue weighted by molar-refractivity contribution is 0.0224. The van der Waals surface area contributed by atoms with Crippen LogP contribution in [0, 0.1) is 6.92 Å². The molecule has 0 saturated carbocycles. The molecule has 0 spiro atoms. The fraction of sp³-hybridized carbons (Fsp3) is 0.476. The first-order valence-corrected chi connectivity index (χ1v) is 9.35. The number of aromatic nitrogens is 1. The van der Waals surface area contributed by atoms with E-state index in [9.17, 15) is 5.11 Å². The Morgan fingerprint density at radius 1 is 1.12 bits per heavy atom. The van der Waals surface area contributed by atoms with E-state index in [-0.39, 0.29) is 5.75 Å². The summed E-state index contributed by atoms with van der Waals surface area (Å²) >= 11 is 0. The van der Waals surface area contributed by atoms with E-state index < -0.39 is 0 Å². The average molecular weight is 355 g/mol. The van der Waals surface area contributed by atoms with Crippen LogP contribution in [0.4, 0.5) is 0 Å². The first kappa shape index (κ1) is 18.8. The summed E-state index contributed by atoms with van der Waals surface area (Å²) in [6.45, 7) is 10.3. The summed E-state index contributed by atoms with van der Waals surface area (Å²) in [7, 11) is 0. The summed E-state index contributed by atoms with van der Waals surface area (Å²) in [4.78, 5) is 9.41. The van der Waals surface area contributed by atoms with Gasteiger partial charge in [-0.15, -0.1) is 0 Å². The SMILES string of the molecule is Cc1ccc(O)c(CN(Cc2ccccc2)C(C)CN2CCOCC2)n1. The third-order valence-electron chi connectivity index (χ3n) is 4.92. The topological polar surface area (TPSA) is 48.8 Å². The number of benzene rings is 1.